The Hall–Kier alpha value is -1.51. The Morgan fingerprint density at radius 1 is 0.938 bits per heavy atom. The Labute approximate surface area is 94.6 Å². The third-order valence-electron chi connectivity index (χ3n) is 2.82. The highest BCUT2D eigenvalue weighted by molar-refractivity contribution is 5.43. The van der Waals surface area contributed by atoms with Gasteiger partial charge in [-0.05, 0) is 6.08 Å². The van der Waals surface area contributed by atoms with Gasteiger partial charge in [-0.3, -0.25) is 15.0 Å². The van der Waals surface area contributed by atoms with Crippen molar-refractivity contribution in [2.45, 2.75) is 27.7 Å². The van der Waals surface area contributed by atoms with Crippen LogP contribution >= 0.6 is 0 Å². The van der Waals surface area contributed by atoms with Crippen LogP contribution in [0.1, 0.15) is 27.7 Å². The van der Waals surface area contributed by atoms with Crippen LogP contribution in [0, 0.1) is 10.8 Å². The Morgan fingerprint density at radius 2 is 1.50 bits per heavy atom. The van der Waals surface area contributed by atoms with Gasteiger partial charge < -0.3 is 0 Å². The van der Waals surface area contributed by atoms with Gasteiger partial charge in [-0.1, -0.05) is 45.9 Å². The van der Waals surface area contributed by atoms with Crippen molar-refractivity contribution in [3.05, 3.63) is 33.1 Å². The largest absolute Gasteiger partial charge is 0.298 e. The zero-order valence-electron chi connectivity index (χ0n) is 10.2. The number of aromatic nitrogens is 2. The summed E-state index contributed by atoms with van der Waals surface area (Å²) in [7, 11) is 0. The van der Waals surface area contributed by atoms with Gasteiger partial charge in [-0.15, -0.1) is 0 Å². The molecule has 0 amide bonds. The van der Waals surface area contributed by atoms with Gasteiger partial charge >= 0.3 is 0 Å². The minimum atomic E-state index is -0.102. The number of hydrogen-bond donors (Lipinski definition) is 2. The van der Waals surface area contributed by atoms with Gasteiger partial charge in [0.1, 0.15) is 0 Å². The molecule has 0 aromatic carbocycles. The van der Waals surface area contributed by atoms with Crippen LogP contribution in [-0.4, -0.2) is 10.2 Å². The predicted octanol–water partition coefficient (Wildman–Crippen LogP) is 0.886. The molecule has 16 heavy (non-hydrogen) atoms. The third-order valence-corrected chi connectivity index (χ3v) is 2.82. The summed E-state index contributed by atoms with van der Waals surface area (Å²) < 4.78 is 0. The molecule has 0 unspecified atom stereocenters. The number of nitrogens with one attached hydrogen (secondary N) is 2. The normalized spacial score (nSPS) is 27.5. The second-order valence-corrected chi connectivity index (χ2v) is 5.67. The summed E-state index contributed by atoms with van der Waals surface area (Å²) in [5, 5.41) is 7.19. The van der Waals surface area contributed by atoms with E-state index in [0.29, 0.717) is 0 Å². The quantitative estimate of drug-likeness (QED) is 0.624. The average molecular weight is 218 g/mol. The standard InChI is InChI=1S/C13H18N2O/c1-12(2)5-6-13(3,4)8-10-9(7-12)11(16)15-14-10/h5-8,14H,1-4H3,(H,15,16)/b6-5-,9-7+,10-8+. The van der Waals surface area contributed by atoms with Gasteiger partial charge in [-0.2, -0.15) is 0 Å². The topological polar surface area (TPSA) is 48.6 Å². The molecule has 1 aromatic rings. The molecule has 0 saturated heterocycles. The molecule has 0 radical (unpaired) electrons. The van der Waals surface area contributed by atoms with E-state index in [1.165, 1.54) is 0 Å². The Kier molecular flexibility index (Phi) is 2.22. The van der Waals surface area contributed by atoms with Crippen LogP contribution in [0.4, 0.5) is 0 Å². The Balaban J connectivity index is 2.88. The summed E-state index contributed by atoms with van der Waals surface area (Å²) in [4.78, 5) is 11.7. The Bertz CT molecular complexity index is 597. The van der Waals surface area contributed by atoms with Crippen molar-refractivity contribution < 1.29 is 0 Å². The van der Waals surface area contributed by atoms with E-state index in [-0.39, 0.29) is 16.4 Å². The van der Waals surface area contributed by atoms with Crippen molar-refractivity contribution in [3.8, 4) is 0 Å². The van der Waals surface area contributed by atoms with Crippen molar-refractivity contribution in [1.29, 1.82) is 0 Å². The highest BCUT2D eigenvalue weighted by Gasteiger charge is 2.18. The molecule has 1 aliphatic carbocycles. The molecule has 0 spiro atoms. The van der Waals surface area contributed by atoms with Crippen molar-refractivity contribution in [1.82, 2.24) is 10.2 Å². The van der Waals surface area contributed by atoms with E-state index in [4.69, 9.17) is 0 Å². The summed E-state index contributed by atoms with van der Waals surface area (Å²) >= 11 is 0. The smallest absolute Gasteiger partial charge is 0.271 e. The summed E-state index contributed by atoms with van der Waals surface area (Å²) in [6.45, 7) is 8.45. The Morgan fingerprint density at radius 3 is 2.12 bits per heavy atom. The highest BCUT2D eigenvalue weighted by atomic mass is 16.1. The van der Waals surface area contributed by atoms with E-state index in [2.05, 4.69) is 56.1 Å². The van der Waals surface area contributed by atoms with Gasteiger partial charge in [0, 0.05) is 10.8 Å². The van der Waals surface area contributed by atoms with Gasteiger partial charge in [0.2, 0.25) is 0 Å². The number of H-pyrrole nitrogens is 2. The van der Waals surface area contributed by atoms with Crippen LogP contribution in [0.2, 0.25) is 0 Å². The molecule has 1 aliphatic rings. The number of aromatic amines is 2. The molecule has 0 aliphatic heterocycles. The van der Waals surface area contributed by atoms with Crippen LogP contribution in [0.15, 0.2) is 16.9 Å². The maximum atomic E-state index is 11.7. The first-order valence-corrected chi connectivity index (χ1v) is 5.52. The second-order valence-electron chi connectivity index (χ2n) is 5.67. The summed E-state index contributed by atoms with van der Waals surface area (Å²) in [6, 6.07) is 0. The molecule has 1 aromatic heterocycles. The molecular weight excluding hydrogens is 200 g/mol. The molecule has 0 saturated carbocycles. The van der Waals surface area contributed by atoms with Crippen LogP contribution in [0.3, 0.4) is 0 Å². The zero-order valence-corrected chi connectivity index (χ0v) is 10.2. The van der Waals surface area contributed by atoms with E-state index < -0.39 is 0 Å². The molecule has 0 bridgehead atoms. The van der Waals surface area contributed by atoms with Crippen LogP contribution in [0.5, 0.6) is 0 Å². The predicted molar refractivity (Wildman–Crippen MR) is 66.3 cm³/mol. The number of hydrogen-bond acceptors (Lipinski definition) is 1. The van der Waals surface area contributed by atoms with Gasteiger partial charge in [0.15, 0.2) is 0 Å². The van der Waals surface area contributed by atoms with E-state index in [1.54, 1.807) is 0 Å². The lowest BCUT2D eigenvalue weighted by atomic mass is 9.84. The molecule has 0 fully saturated rings. The monoisotopic (exact) mass is 218 g/mol. The first kappa shape index (κ1) is 11.0. The fraction of sp³-hybridized carbons (Fsp3) is 0.462. The van der Waals surface area contributed by atoms with Crippen LogP contribution < -0.4 is 16.1 Å². The van der Waals surface area contributed by atoms with E-state index in [1.807, 2.05) is 6.08 Å². The molecule has 86 valence electrons. The molecule has 1 heterocycles. The lowest BCUT2D eigenvalue weighted by Gasteiger charge is -2.21. The number of rotatable bonds is 0. The van der Waals surface area contributed by atoms with Gasteiger partial charge in [0.25, 0.3) is 5.56 Å². The molecule has 3 heteroatoms. The number of allylic oxidation sites excluding steroid dienone is 2. The van der Waals surface area contributed by atoms with Crippen molar-refractivity contribution >= 4 is 12.2 Å². The second kappa shape index (κ2) is 3.24. The van der Waals surface area contributed by atoms with Crippen molar-refractivity contribution in [2.24, 2.45) is 10.8 Å². The highest BCUT2D eigenvalue weighted by Crippen LogP contribution is 2.26. The van der Waals surface area contributed by atoms with Crippen molar-refractivity contribution in [2.75, 3.05) is 0 Å². The average Bonchev–Trinajstić information content (AvgIpc) is 2.45. The first-order valence-electron chi connectivity index (χ1n) is 5.52. The minimum Gasteiger partial charge on any atom is -0.298 e. The zero-order chi connectivity index (χ0) is 12.0. The lowest BCUT2D eigenvalue weighted by Crippen LogP contribution is -2.37. The third kappa shape index (κ3) is 2.03. The molecule has 3 nitrogen and oxygen atoms in total. The molecule has 2 rings (SSSR count). The SMILES string of the molecule is CC1(C)/C=C\C(C)(C)/C=c2/c(=O)[nH][nH]/c2=C/1. The van der Waals surface area contributed by atoms with Gasteiger partial charge in [0.05, 0.1) is 10.6 Å². The minimum absolute atomic E-state index is 0.0502. The lowest BCUT2D eigenvalue weighted by molar-refractivity contribution is 0.616. The van der Waals surface area contributed by atoms with E-state index >= 15 is 0 Å². The van der Waals surface area contributed by atoms with E-state index in [0.717, 1.165) is 10.6 Å². The van der Waals surface area contributed by atoms with E-state index in [9.17, 15) is 4.79 Å². The maximum Gasteiger partial charge on any atom is 0.271 e. The summed E-state index contributed by atoms with van der Waals surface area (Å²) in [5.41, 5.74) is -0.202. The maximum absolute atomic E-state index is 11.7. The van der Waals surface area contributed by atoms with Crippen LogP contribution in [0.25, 0.3) is 12.2 Å². The fourth-order valence-corrected chi connectivity index (χ4v) is 1.91. The number of fused-ring (bicyclic) bond motifs is 1. The van der Waals surface area contributed by atoms with Gasteiger partial charge in [-0.25, -0.2) is 0 Å². The first-order chi connectivity index (χ1) is 7.29. The fourth-order valence-electron chi connectivity index (χ4n) is 1.91. The van der Waals surface area contributed by atoms with Crippen molar-refractivity contribution in [3.63, 3.8) is 0 Å². The summed E-state index contributed by atoms with van der Waals surface area (Å²) in [5.74, 6) is 0. The summed E-state index contributed by atoms with van der Waals surface area (Å²) in [6.07, 6.45) is 8.40. The molecular formula is C13H18N2O. The van der Waals surface area contributed by atoms with Crippen LogP contribution in [-0.2, 0) is 0 Å². The molecule has 2 N–H and O–H groups in total. The molecule has 0 atom stereocenters.